The summed E-state index contributed by atoms with van der Waals surface area (Å²) >= 11 is 5.79. The Bertz CT molecular complexity index is 545. The number of nitrogens with one attached hydrogen (secondary N) is 2. The van der Waals surface area contributed by atoms with E-state index >= 15 is 0 Å². The van der Waals surface area contributed by atoms with E-state index in [0.717, 1.165) is 18.2 Å². The van der Waals surface area contributed by atoms with Crippen molar-refractivity contribution < 1.29 is 22.7 Å². The number of alkyl halides is 3. The molecule has 116 valence electrons. The van der Waals surface area contributed by atoms with E-state index in [1.807, 2.05) is 6.92 Å². The van der Waals surface area contributed by atoms with Crippen LogP contribution in [0.25, 0.3) is 0 Å². The standard InChI is InChI=1S/C13H14ClF3N2O2/c1-12(6-18-7-12)21-5-11(20)19-10-4-8(13(15,16)17)2-3-9(10)14/h2-4,18H,5-7H2,1H3,(H,19,20). The molecule has 1 aromatic rings. The van der Waals surface area contributed by atoms with Gasteiger partial charge in [0.1, 0.15) is 6.61 Å². The van der Waals surface area contributed by atoms with Gasteiger partial charge >= 0.3 is 6.18 Å². The van der Waals surface area contributed by atoms with E-state index in [1.54, 1.807) is 0 Å². The molecule has 2 rings (SSSR count). The quantitative estimate of drug-likeness (QED) is 0.896. The van der Waals surface area contributed by atoms with Crippen LogP contribution in [0.1, 0.15) is 12.5 Å². The first-order valence-electron chi connectivity index (χ1n) is 6.21. The number of amides is 1. The highest BCUT2D eigenvalue weighted by Crippen LogP contribution is 2.33. The maximum atomic E-state index is 12.6. The molecule has 0 aromatic heterocycles. The first-order valence-corrected chi connectivity index (χ1v) is 6.59. The normalized spacial score (nSPS) is 17.2. The average Bonchev–Trinajstić information content (AvgIpc) is 2.35. The van der Waals surface area contributed by atoms with E-state index in [-0.39, 0.29) is 17.3 Å². The van der Waals surface area contributed by atoms with Gasteiger partial charge in [0.05, 0.1) is 21.9 Å². The lowest BCUT2D eigenvalue weighted by Gasteiger charge is -2.38. The summed E-state index contributed by atoms with van der Waals surface area (Å²) in [5, 5.41) is 5.37. The number of carbonyl (C=O) groups is 1. The van der Waals surface area contributed by atoms with Gasteiger partial charge in [-0.2, -0.15) is 13.2 Å². The van der Waals surface area contributed by atoms with Crippen LogP contribution in [0.15, 0.2) is 18.2 Å². The van der Waals surface area contributed by atoms with Gasteiger partial charge < -0.3 is 15.4 Å². The summed E-state index contributed by atoms with van der Waals surface area (Å²) < 4.78 is 43.2. The third-order valence-corrected chi connectivity index (χ3v) is 3.45. The van der Waals surface area contributed by atoms with Gasteiger partial charge in [-0.05, 0) is 25.1 Å². The molecule has 1 aromatic carbocycles. The molecule has 21 heavy (non-hydrogen) atoms. The zero-order chi connectivity index (χ0) is 15.7. The van der Waals surface area contributed by atoms with E-state index in [2.05, 4.69) is 10.6 Å². The fourth-order valence-corrected chi connectivity index (χ4v) is 1.97. The van der Waals surface area contributed by atoms with Gasteiger partial charge in [0, 0.05) is 13.1 Å². The minimum absolute atomic E-state index is 0.0351. The molecular weight excluding hydrogens is 309 g/mol. The molecule has 0 bridgehead atoms. The van der Waals surface area contributed by atoms with Crippen molar-refractivity contribution in [2.24, 2.45) is 0 Å². The second kappa shape index (κ2) is 5.82. The van der Waals surface area contributed by atoms with Crippen LogP contribution in [0.5, 0.6) is 0 Å². The van der Waals surface area contributed by atoms with Gasteiger partial charge in [0.15, 0.2) is 0 Å². The number of benzene rings is 1. The lowest BCUT2D eigenvalue weighted by Crippen LogP contribution is -2.59. The highest BCUT2D eigenvalue weighted by atomic mass is 35.5. The third-order valence-electron chi connectivity index (χ3n) is 3.12. The van der Waals surface area contributed by atoms with Gasteiger partial charge in [0.2, 0.25) is 5.91 Å². The first-order chi connectivity index (χ1) is 9.70. The smallest absolute Gasteiger partial charge is 0.363 e. The molecule has 0 atom stereocenters. The highest BCUT2D eigenvalue weighted by molar-refractivity contribution is 6.33. The first kappa shape index (κ1) is 16.1. The van der Waals surface area contributed by atoms with E-state index in [1.165, 1.54) is 0 Å². The second-order valence-electron chi connectivity index (χ2n) is 5.08. The summed E-state index contributed by atoms with van der Waals surface area (Å²) in [7, 11) is 0. The Kier molecular flexibility index (Phi) is 4.46. The molecule has 0 aliphatic carbocycles. The SMILES string of the molecule is CC1(OCC(=O)Nc2cc(C(F)(F)F)ccc2Cl)CNC1. The molecule has 1 amide bonds. The predicted octanol–water partition coefficient (Wildman–Crippen LogP) is 2.68. The molecule has 1 heterocycles. The van der Waals surface area contributed by atoms with Crippen molar-refractivity contribution in [1.29, 1.82) is 0 Å². The van der Waals surface area contributed by atoms with Gasteiger partial charge in [-0.3, -0.25) is 4.79 Å². The van der Waals surface area contributed by atoms with Gasteiger partial charge in [-0.15, -0.1) is 0 Å². The summed E-state index contributed by atoms with van der Waals surface area (Å²) in [6, 6.07) is 2.75. The fraction of sp³-hybridized carbons (Fsp3) is 0.462. The zero-order valence-corrected chi connectivity index (χ0v) is 11.9. The van der Waals surface area contributed by atoms with Crippen LogP contribution in [0.2, 0.25) is 5.02 Å². The van der Waals surface area contributed by atoms with E-state index in [0.29, 0.717) is 13.1 Å². The molecule has 8 heteroatoms. The van der Waals surface area contributed by atoms with Crippen molar-refractivity contribution in [3.8, 4) is 0 Å². The van der Waals surface area contributed by atoms with Crippen molar-refractivity contribution in [3.05, 3.63) is 28.8 Å². The summed E-state index contributed by atoms with van der Waals surface area (Å²) in [6.07, 6.45) is -4.49. The Balaban J connectivity index is 1.99. The molecule has 0 saturated carbocycles. The molecule has 1 saturated heterocycles. The van der Waals surface area contributed by atoms with Crippen LogP contribution in [-0.4, -0.2) is 31.2 Å². The molecule has 1 fully saturated rings. The number of carbonyl (C=O) groups excluding carboxylic acids is 1. The summed E-state index contributed by atoms with van der Waals surface area (Å²) in [4.78, 5) is 11.7. The monoisotopic (exact) mass is 322 g/mol. The van der Waals surface area contributed by atoms with E-state index in [9.17, 15) is 18.0 Å². The van der Waals surface area contributed by atoms with Crippen LogP contribution >= 0.6 is 11.6 Å². The number of rotatable bonds is 4. The van der Waals surface area contributed by atoms with Crippen molar-refractivity contribution in [3.63, 3.8) is 0 Å². The number of anilines is 1. The van der Waals surface area contributed by atoms with Crippen LogP contribution in [-0.2, 0) is 15.7 Å². The van der Waals surface area contributed by atoms with Gasteiger partial charge in [-0.25, -0.2) is 0 Å². The van der Waals surface area contributed by atoms with Gasteiger partial charge in [-0.1, -0.05) is 11.6 Å². The Morgan fingerprint density at radius 1 is 1.48 bits per heavy atom. The fourth-order valence-electron chi connectivity index (χ4n) is 1.80. The molecule has 2 N–H and O–H groups in total. The maximum absolute atomic E-state index is 12.6. The number of halogens is 4. The summed E-state index contributed by atoms with van der Waals surface area (Å²) in [5.41, 5.74) is -1.37. The van der Waals surface area contributed by atoms with Crippen molar-refractivity contribution in [2.75, 3.05) is 25.0 Å². The third kappa shape index (κ3) is 4.09. The maximum Gasteiger partial charge on any atom is 0.416 e. The molecule has 0 radical (unpaired) electrons. The Hall–Kier alpha value is -1.31. The topological polar surface area (TPSA) is 50.4 Å². The summed E-state index contributed by atoms with van der Waals surface area (Å²) in [5.74, 6) is -0.552. The van der Waals surface area contributed by atoms with Crippen LogP contribution in [0, 0.1) is 0 Å². The Morgan fingerprint density at radius 2 is 2.14 bits per heavy atom. The highest BCUT2D eigenvalue weighted by Gasteiger charge is 2.33. The molecule has 0 unspecified atom stereocenters. The number of hydrogen-bond donors (Lipinski definition) is 2. The lowest BCUT2D eigenvalue weighted by atomic mass is 10.0. The van der Waals surface area contributed by atoms with Gasteiger partial charge in [0.25, 0.3) is 0 Å². The minimum Gasteiger partial charge on any atom is -0.363 e. The lowest BCUT2D eigenvalue weighted by molar-refractivity contribution is -0.137. The number of ether oxygens (including phenoxy) is 1. The molecule has 1 aliphatic heterocycles. The molecule has 4 nitrogen and oxygen atoms in total. The Labute approximate surface area is 124 Å². The Morgan fingerprint density at radius 3 is 2.67 bits per heavy atom. The largest absolute Gasteiger partial charge is 0.416 e. The zero-order valence-electron chi connectivity index (χ0n) is 11.2. The van der Waals surface area contributed by atoms with E-state index < -0.39 is 23.2 Å². The predicted molar refractivity (Wildman–Crippen MR) is 72.3 cm³/mol. The minimum atomic E-state index is -4.49. The molecule has 1 aliphatic rings. The molecular formula is C13H14ClF3N2O2. The summed E-state index contributed by atoms with van der Waals surface area (Å²) in [6.45, 7) is 2.86. The average molecular weight is 323 g/mol. The van der Waals surface area contributed by atoms with Crippen molar-refractivity contribution in [2.45, 2.75) is 18.7 Å². The van der Waals surface area contributed by atoms with Crippen LogP contribution in [0.4, 0.5) is 18.9 Å². The second-order valence-corrected chi connectivity index (χ2v) is 5.49. The van der Waals surface area contributed by atoms with Crippen LogP contribution in [0.3, 0.4) is 0 Å². The molecule has 0 spiro atoms. The van der Waals surface area contributed by atoms with Crippen LogP contribution < -0.4 is 10.6 Å². The number of hydrogen-bond acceptors (Lipinski definition) is 3. The van der Waals surface area contributed by atoms with Crippen molar-refractivity contribution >= 4 is 23.2 Å². The van der Waals surface area contributed by atoms with Crippen molar-refractivity contribution in [1.82, 2.24) is 5.32 Å². The van der Waals surface area contributed by atoms with E-state index in [4.69, 9.17) is 16.3 Å².